The molecule has 24 heavy (non-hydrogen) atoms. The van der Waals surface area contributed by atoms with Crippen LogP contribution in [0.15, 0.2) is 12.2 Å². The summed E-state index contributed by atoms with van der Waals surface area (Å²) in [5.41, 5.74) is 0. The molecule has 2 N–H and O–H groups in total. The number of hydrogen-bond acceptors (Lipinski definition) is 4. The van der Waals surface area contributed by atoms with Crippen molar-refractivity contribution in [2.75, 3.05) is 19.7 Å². The monoisotopic (exact) mass is 334 g/mol. The molecule has 0 aromatic rings. The third-order valence-electron chi connectivity index (χ3n) is 5.50. The lowest BCUT2D eigenvalue weighted by molar-refractivity contribution is -0.140. The molecule has 2 aliphatic carbocycles. The molecule has 1 aliphatic heterocycles. The quantitative estimate of drug-likeness (QED) is 0.372. The fourth-order valence-corrected chi connectivity index (χ4v) is 4.31. The van der Waals surface area contributed by atoms with Gasteiger partial charge in [0.2, 0.25) is 17.7 Å². The molecule has 0 radical (unpaired) electrons. The molecule has 0 aromatic heterocycles. The molecular formula is C18H26N2O4. The molecule has 6 heteroatoms. The first-order chi connectivity index (χ1) is 11.6. The van der Waals surface area contributed by atoms with Gasteiger partial charge in [-0.3, -0.25) is 19.3 Å². The predicted molar refractivity (Wildman–Crippen MR) is 87.6 cm³/mol. The molecular weight excluding hydrogens is 308 g/mol. The minimum atomic E-state index is -0.107. The van der Waals surface area contributed by atoms with Crippen LogP contribution in [-0.2, 0) is 14.4 Å². The van der Waals surface area contributed by atoms with E-state index < -0.39 is 0 Å². The maximum atomic E-state index is 12.5. The van der Waals surface area contributed by atoms with E-state index in [2.05, 4.69) is 17.5 Å². The Morgan fingerprint density at radius 2 is 1.75 bits per heavy atom. The van der Waals surface area contributed by atoms with E-state index in [0.717, 1.165) is 25.7 Å². The number of nitrogens with one attached hydrogen (secondary N) is 1. The Morgan fingerprint density at radius 1 is 1.08 bits per heavy atom. The summed E-state index contributed by atoms with van der Waals surface area (Å²) in [6, 6.07) is 0. The smallest absolute Gasteiger partial charge is 0.233 e. The number of carbonyl (C=O) groups is 3. The van der Waals surface area contributed by atoms with Gasteiger partial charge in [0.1, 0.15) is 0 Å². The summed E-state index contributed by atoms with van der Waals surface area (Å²) in [6.07, 6.45) is 8.53. The molecule has 1 saturated heterocycles. The van der Waals surface area contributed by atoms with E-state index in [1.807, 2.05) is 0 Å². The number of hydrogen-bond donors (Lipinski definition) is 2. The van der Waals surface area contributed by atoms with Crippen LogP contribution in [0.25, 0.3) is 0 Å². The molecule has 2 bridgehead atoms. The highest BCUT2D eigenvalue weighted by atomic mass is 16.3. The Kier molecular flexibility index (Phi) is 5.33. The molecule has 4 unspecified atom stereocenters. The molecule has 2 fully saturated rings. The molecule has 3 aliphatic rings. The first-order valence-electron chi connectivity index (χ1n) is 9.04. The third-order valence-corrected chi connectivity index (χ3v) is 5.50. The van der Waals surface area contributed by atoms with E-state index in [0.29, 0.717) is 25.9 Å². The summed E-state index contributed by atoms with van der Waals surface area (Å²) in [5.74, 6) is 0.351. The van der Waals surface area contributed by atoms with E-state index in [9.17, 15) is 14.4 Å². The highest BCUT2D eigenvalue weighted by Crippen LogP contribution is 2.52. The minimum Gasteiger partial charge on any atom is -0.396 e. The maximum Gasteiger partial charge on any atom is 0.233 e. The number of amides is 3. The Hall–Kier alpha value is -1.69. The average Bonchev–Trinajstić information content (AvgIpc) is 3.23. The summed E-state index contributed by atoms with van der Waals surface area (Å²) < 4.78 is 0. The highest BCUT2D eigenvalue weighted by Gasteiger charge is 2.58. The Labute approximate surface area is 142 Å². The number of nitrogens with zero attached hydrogens (tertiary/aromatic N) is 1. The van der Waals surface area contributed by atoms with Crippen LogP contribution in [0.4, 0.5) is 0 Å². The zero-order valence-corrected chi connectivity index (χ0v) is 13.9. The van der Waals surface area contributed by atoms with E-state index in [4.69, 9.17) is 5.11 Å². The summed E-state index contributed by atoms with van der Waals surface area (Å²) in [7, 11) is 0. The van der Waals surface area contributed by atoms with Crippen molar-refractivity contribution in [1.82, 2.24) is 10.2 Å². The molecule has 0 aromatic carbocycles. The Bertz CT molecular complexity index is 515. The van der Waals surface area contributed by atoms with Gasteiger partial charge in [-0.05, 0) is 37.5 Å². The summed E-state index contributed by atoms with van der Waals surface area (Å²) in [4.78, 5) is 38.0. The van der Waals surface area contributed by atoms with Gasteiger partial charge in [-0.1, -0.05) is 18.6 Å². The molecule has 3 rings (SSSR count). The number of allylic oxidation sites excluding steroid dienone is 2. The van der Waals surface area contributed by atoms with Gasteiger partial charge in [0.15, 0.2) is 0 Å². The van der Waals surface area contributed by atoms with E-state index in [-0.39, 0.29) is 48.0 Å². The fourth-order valence-electron chi connectivity index (χ4n) is 4.31. The first kappa shape index (κ1) is 17.1. The SMILES string of the molecule is O=C(CCCCCN1C(=O)C2C3C=CC(C3)C2C1=O)NCCCO. The first-order valence-corrected chi connectivity index (χ1v) is 9.04. The van der Waals surface area contributed by atoms with Crippen molar-refractivity contribution in [3.05, 3.63) is 12.2 Å². The second kappa shape index (κ2) is 7.47. The van der Waals surface area contributed by atoms with E-state index >= 15 is 0 Å². The topological polar surface area (TPSA) is 86.7 Å². The lowest BCUT2D eigenvalue weighted by Crippen LogP contribution is -2.33. The number of carbonyl (C=O) groups excluding carboxylic acids is 3. The summed E-state index contributed by atoms with van der Waals surface area (Å²) in [6.45, 7) is 1.07. The third kappa shape index (κ3) is 3.24. The van der Waals surface area contributed by atoms with Crippen LogP contribution in [0.3, 0.4) is 0 Å². The van der Waals surface area contributed by atoms with Crippen LogP contribution >= 0.6 is 0 Å². The van der Waals surface area contributed by atoms with Gasteiger partial charge < -0.3 is 10.4 Å². The number of imide groups is 1. The molecule has 132 valence electrons. The van der Waals surface area contributed by atoms with Crippen LogP contribution in [0.2, 0.25) is 0 Å². The van der Waals surface area contributed by atoms with Crippen molar-refractivity contribution in [2.24, 2.45) is 23.7 Å². The second-order valence-corrected chi connectivity index (χ2v) is 7.07. The van der Waals surface area contributed by atoms with Crippen molar-refractivity contribution in [2.45, 2.75) is 38.5 Å². The van der Waals surface area contributed by atoms with Gasteiger partial charge in [-0.25, -0.2) is 0 Å². The van der Waals surface area contributed by atoms with Crippen molar-refractivity contribution in [1.29, 1.82) is 0 Å². The molecule has 4 atom stereocenters. The zero-order valence-electron chi connectivity index (χ0n) is 13.9. The van der Waals surface area contributed by atoms with Gasteiger partial charge >= 0.3 is 0 Å². The number of likely N-dealkylation sites (tertiary alicyclic amines) is 1. The van der Waals surface area contributed by atoms with Crippen LogP contribution in [-0.4, -0.2) is 47.4 Å². The van der Waals surface area contributed by atoms with Gasteiger partial charge in [0.05, 0.1) is 11.8 Å². The molecule has 0 spiro atoms. The van der Waals surface area contributed by atoms with Gasteiger partial charge in [-0.2, -0.15) is 0 Å². The van der Waals surface area contributed by atoms with Crippen LogP contribution in [0, 0.1) is 23.7 Å². The van der Waals surface area contributed by atoms with Crippen molar-refractivity contribution < 1.29 is 19.5 Å². The van der Waals surface area contributed by atoms with Crippen LogP contribution in [0.1, 0.15) is 38.5 Å². The van der Waals surface area contributed by atoms with Crippen molar-refractivity contribution >= 4 is 17.7 Å². The Morgan fingerprint density at radius 3 is 2.38 bits per heavy atom. The number of rotatable bonds is 9. The van der Waals surface area contributed by atoms with Crippen molar-refractivity contribution in [3.63, 3.8) is 0 Å². The average molecular weight is 334 g/mol. The Balaban J connectivity index is 1.35. The number of unbranched alkanes of at least 4 members (excludes halogenated alkanes) is 2. The van der Waals surface area contributed by atoms with Crippen LogP contribution in [0.5, 0.6) is 0 Å². The highest BCUT2D eigenvalue weighted by molar-refractivity contribution is 6.06. The van der Waals surface area contributed by atoms with Gasteiger partial charge in [-0.15, -0.1) is 0 Å². The molecule has 1 saturated carbocycles. The fraction of sp³-hybridized carbons (Fsp3) is 0.722. The maximum absolute atomic E-state index is 12.5. The lowest BCUT2D eigenvalue weighted by atomic mass is 9.85. The number of aliphatic hydroxyl groups excluding tert-OH is 1. The van der Waals surface area contributed by atoms with Crippen molar-refractivity contribution in [3.8, 4) is 0 Å². The molecule has 3 amide bonds. The minimum absolute atomic E-state index is 0.00560. The van der Waals surface area contributed by atoms with Crippen LogP contribution < -0.4 is 5.32 Å². The van der Waals surface area contributed by atoms with Gasteiger partial charge in [0.25, 0.3) is 0 Å². The zero-order chi connectivity index (χ0) is 17.1. The van der Waals surface area contributed by atoms with E-state index in [1.165, 1.54) is 4.90 Å². The summed E-state index contributed by atoms with van der Waals surface area (Å²) in [5, 5.41) is 11.4. The summed E-state index contributed by atoms with van der Waals surface area (Å²) >= 11 is 0. The standard InChI is InChI=1S/C18H26N2O4/c21-10-4-8-19-14(22)5-2-1-3-9-20-17(23)15-12-6-7-13(11-12)16(15)18(20)24/h6-7,12-13,15-16,21H,1-5,8-11H2,(H,19,22). The predicted octanol–water partition coefficient (Wildman–Crippen LogP) is 0.853. The largest absolute Gasteiger partial charge is 0.396 e. The van der Waals surface area contributed by atoms with E-state index in [1.54, 1.807) is 0 Å². The number of aliphatic hydroxyl groups is 1. The lowest BCUT2D eigenvalue weighted by Gasteiger charge is -2.16. The number of fused-ring (bicyclic) bond motifs is 5. The second-order valence-electron chi connectivity index (χ2n) is 7.07. The molecule has 1 heterocycles. The molecule has 6 nitrogen and oxygen atoms in total. The normalized spacial score (nSPS) is 30.3. The van der Waals surface area contributed by atoms with Gasteiger partial charge in [0, 0.05) is 26.1 Å².